The molecule has 0 aliphatic carbocycles. The molecular formula is C10H11BrF3NOS. The monoisotopic (exact) mass is 329 g/mol. The first kappa shape index (κ1) is 14.5. The molecular weight excluding hydrogens is 319 g/mol. The van der Waals surface area contributed by atoms with Gasteiger partial charge in [0.15, 0.2) is 0 Å². The molecule has 0 saturated carbocycles. The summed E-state index contributed by atoms with van der Waals surface area (Å²) in [7, 11) is 0. The quantitative estimate of drug-likeness (QED) is 0.819. The minimum Gasteiger partial charge on any atom is -0.330 e. The number of nitrogens with zero attached hydrogens (tertiary/aromatic N) is 1. The Balaban J connectivity index is 2.80. The zero-order valence-electron chi connectivity index (χ0n) is 9.05. The summed E-state index contributed by atoms with van der Waals surface area (Å²) in [6.45, 7) is 0.638. The minimum absolute atomic E-state index is 0.103. The van der Waals surface area contributed by atoms with Crippen LogP contribution in [-0.2, 0) is 0 Å². The second kappa shape index (κ2) is 5.86. The molecule has 1 amide bonds. The number of thiophene rings is 1. The van der Waals surface area contributed by atoms with Gasteiger partial charge in [-0.05, 0) is 28.4 Å². The maximum Gasteiger partial charge on any atom is 0.406 e. The van der Waals surface area contributed by atoms with Gasteiger partial charge in [-0.3, -0.25) is 4.79 Å². The predicted octanol–water partition coefficient (Wildman–Crippen LogP) is 3.93. The predicted molar refractivity (Wildman–Crippen MR) is 64.3 cm³/mol. The Morgan fingerprint density at radius 1 is 1.53 bits per heavy atom. The van der Waals surface area contributed by atoms with E-state index in [4.69, 9.17) is 0 Å². The SMILES string of the molecule is CCCN(CC(F)(F)F)C(=O)c1csc(Br)c1. The first-order valence-corrected chi connectivity index (χ1v) is 6.61. The van der Waals surface area contributed by atoms with Crippen LogP contribution in [0.5, 0.6) is 0 Å². The zero-order valence-corrected chi connectivity index (χ0v) is 11.5. The lowest BCUT2D eigenvalue weighted by Crippen LogP contribution is -2.39. The summed E-state index contributed by atoms with van der Waals surface area (Å²) in [5.41, 5.74) is 0.291. The molecule has 1 rings (SSSR count). The van der Waals surface area contributed by atoms with Gasteiger partial charge >= 0.3 is 6.18 Å². The third-order valence-corrected chi connectivity index (χ3v) is 3.47. The first-order valence-electron chi connectivity index (χ1n) is 4.93. The second-order valence-corrected chi connectivity index (χ2v) is 5.77. The third-order valence-electron chi connectivity index (χ3n) is 1.97. The molecule has 0 bridgehead atoms. The summed E-state index contributed by atoms with van der Waals surface area (Å²) in [5.74, 6) is -0.578. The van der Waals surface area contributed by atoms with Crippen LogP contribution >= 0.6 is 27.3 Å². The molecule has 0 fully saturated rings. The van der Waals surface area contributed by atoms with E-state index in [0.29, 0.717) is 12.0 Å². The van der Waals surface area contributed by atoms with Crippen LogP contribution in [0.1, 0.15) is 23.7 Å². The van der Waals surface area contributed by atoms with E-state index in [-0.39, 0.29) is 6.54 Å². The van der Waals surface area contributed by atoms with Crippen LogP contribution in [0.3, 0.4) is 0 Å². The lowest BCUT2D eigenvalue weighted by molar-refractivity contribution is -0.140. The van der Waals surface area contributed by atoms with E-state index < -0.39 is 18.6 Å². The molecule has 0 aliphatic rings. The molecule has 1 heterocycles. The Labute approximate surface area is 110 Å². The van der Waals surface area contributed by atoms with Gasteiger partial charge < -0.3 is 4.90 Å². The van der Waals surface area contributed by atoms with E-state index in [1.807, 2.05) is 0 Å². The first-order chi connectivity index (χ1) is 7.83. The van der Waals surface area contributed by atoms with Crippen LogP contribution in [-0.4, -0.2) is 30.1 Å². The van der Waals surface area contributed by atoms with E-state index >= 15 is 0 Å². The molecule has 1 aromatic rings. The Bertz CT molecular complexity index is 391. The molecule has 0 aromatic carbocycles. The van der Waals surface area contributed by atoms with Crippen LogP contribution in [0, 0.1) is 0 Å². The van der Waals surface area contributed by atoms with Crippen molar-refractivity contribution >= 4 is 33.2 Å². The van der Waals surface area contributed by atoms with Gasteiger partial charge in [0.25, 0.3) is 5.91 Å². The van der Waals surface area contributed by atoms with Crippen molar-refractivity contribution in [2.45, 2.75) is 19.5 Å². The van der Waals surface area contributed by atoms with E-state index in [9.17, 15) is 18.0 Å². The number of rotatable bonds is 4. The Hall–Kier alpha value is -0.560. The molecule has 0 saturated heterocycles. The molecule has 0 spiro atoms. The molecule has 0 N–H and O–H groups in total. The topological polar surface area (TPSA) is 20.3 Å². The van der Waals surface area contributed by atoms with E-state index in [1.54, 1.807) is 12.3 Å². The fourth-order valence-electron chi connectivity index (χ4n) is 1.34. The van der Waals surface area contributed by atoms with Gasteiger partial charge in [0.05, 0.1) is 9.35 Å². The highest BCUT2D eigenvalue weighted by molar-refractivity contribution is 9.11. The van der Waals surface area contributed by atoms with E-state index in [0.717, 1.165) is 8.69 Å². The highest BCUT2D eigenvalue weighted by Crippen LogP contribution is 2.23. The van der Waals surface area contributed by atoms with Crippen molar-refractivity contribution in [2.75, 3.05) is 13.1 Å². The van der Waals surface area contributed by atoms with Crippen LogP contribution < -0.4 is 0 Å². The van der Waals surface area contributed by atoms with Gasteiger partial charge in [0.1, 0.15) is 6.54 Å². The molecule has 7 heteroatoms. The zero-order chi connectivity index (χ0) is 13.1. The number of halogens is 4. The lowest BCUT2D eigenvalue weighted by Gasteiger charge is -2.22. The van der Waals surface area contributed by atoms with Crippen molar-refractivity contribution in [3.63, 3.8) is 0 Å². The van der Waals surface area contributed by atoms with Crippen LogP contribution in [0.25, 0.3) is 0 Å². The standard InChI is InChI=1S/C10H11BrF3NOS/c1-2-3-15(6-10(12,13)14)9(16)7-4-8(11)17-5-7/h4-5H,2-3,6H2,1H3. The minimum atomic E-state index is -4.36. The van der Waals surface area contributed by atoms with E-state index in [1.165, 1.54) is 17.4 Å². The summed E-state index contributed by atoms with van der Waals surface area (Å²) >= 11 is 4.45. The fraction of sp³-hybridized carbons (Fsp3) is 0.500. The summed E-state index contributed by atoms with van der Waals surface area (Å²) in [5, 5.41) is 1.55. The van der Waals surface area contributed by atoms with Gasteiger partial charge in [-0.2, -0.15) is 13.2 Å². The molecule has 2 nitrogen and oxygen atoms in total. The molecule has 17 heavy (non-hydrogen) atoms. The number of carbonyl (C=O) groups is 1. The Kier molecular flexibility index (Phi) is 5.00. The average molecular weight is 330 g/mol. The number of hydrogen-bond acceptors (Lipinski definition) is 2. The van der Waals surface area contributed by atoms with Gasteiger partial charge in [-0.25, -0.2) is 0 Å². The summed E-state index contributed by atoms with van der Waals surface area (Å²) in [4.78, 5) is 12.7. The van der Waals surface area contributed by atoms with Crippen molar-refractivity contribution in [1.29, 1.82) is 0 Å². The van der Waals surface area contributed by atoms with Crippen LogP contribution in [0.4, 0.5) is 13.2 Å². The number of alkyl halides is 3. The fourth-order valence-corrected chi connectivity index (χ4v) is 2.47. The summed E-state index contributed by atoms with van der Waals surface area (Å²) in [6, 6.07) is 1.53. The lowest BCUT2D eigenvalue weighted by atomic mass is 10.2. The van der Waals surface area contributed by atoms with Crippen LogP contribution in [0.2, 0.25) is 0 Å². The van der Waals surface area contributed by atoms with Crippen molar-refractivity contribution in [2.24, 2.45) is 0 Å². The molecule has 0 unspecified atom stereocenters. The Morgan fingerprint density at radius 2 is 2.18 bits per heavy atom. The second-order valence-electron chi connectivity index (χ2n) is 3.48. The maximum absolute atomic E-state index is 12.3. The maximum atomic E-state index is 12.3. The molecule has 0 aliphatic heterocycles. The molecule has 0 atom stereocenters. The normalized spacial score (nSPS) is 11.6. The van der Waals surface area contributed by atoms with Crippen molar-refractivity contribution in [1.82, 2.24) is 4.90 Å². The number of amides is 1. The Morgan fingerprint density at radius 3 is 2.59 bits per heavy atom. The largest absolute Gasteiger partial charge is 0.406 e. The number of carbonyl (C=O) groups excluding carboxylic acids is 1. The third kappa shape index (κ3) is 4.67. The van der Waals surface area contributed by atoms with Crippen molar-refractivity contribution in [3.05, 3.63) is 20.8 Å². The summed E-state index contributed by atoms with van der Waals surface area (Å²) < 4.78 is 37.7. The number of hydrogen-bond donors (Lipinski definition) is 0. The van der Waals surface area contributed by atoms with Crippen molar-refractivity contribution in [3.8, 4) is 0 Å². The summed E-state index contributed by atoms with van der Waals surface area (Å²) in [6.07, 6.45) is -3.87. The molecule has 96 valence electrons. The highest BCUT2D eigenvalue weighted by atomic mass is 79.9. The molecule has 0 radical (unpaired) electrons. The van der Waals surface area contributed by atoms with Gasteiger partial charge in [0.2, 0.25) is 0 Å². The highest BCUT2D eigenvalue weighted by Gasteiger charge is 2.33. The van der Waals surface area contributed by atoms with Crippen LogP contribution in [0.15, 0.2) is 15.2 Å². The van der Waals surface area contributed by atoms with Gasteiger partial charge in [-0.1, -0.05) is 6.92 Å². The van der Waals surface area contributed by atoms with Gasteiger partial charge in [-0.15, -0.1) is 11.3 Å². The van der Waals surface area contributed by atoms with Gasteiger partial charge in [0, 0.05) is 11.9 Å². The average Bonchev–Trinajstić information content (AvgIpc) is 2.61. The molecule has 1 aromatic heterocycles. The van der Waals surface area contributed by atoms with E-state index in [2.05, 4.69) is 15.9 Å². The van der Waals surface area contributed by atoms with Crippen molar-refractivity contribution < 1.29 is 18.0 Å². The smallest absolute Gasteiger partial charge is 0.330 e.